The van der Waals surface area contributed by atoms with Crippen LogP contribution in [0.15, 0.2) is 11.6 Å². The first-order chi connectivity index (χ1) is 7.63. The van der Waals surface area contributed by atoms with Crippen LogP contribution in [0.1, 0.15) is 26.7 Å². The Hall–Kier alpha value is -0.380. The van der Waals surface area contributed by atoms with Crippen LogP contribution in [0.5, 0.6) is 0 Å². The number of methoxy groups -OCH3 is 1. The SMILES string of the molecule is COCC1=CCN(CCC(N)C(C)C)CC1. The summed E-state index contributed by atoms with van der Waals surface area (Å²) in [5.41, 5.74) is 7.48. The van der Waals surface area contributed by atoms with Gasteiger partial charge in [0.2, 0.25) is 0 Å². The highest BCUT2D eigenvalue weighted by atomic mass is 16.5. The number of ether oxygens (including phenoxy) is 1. The Kier molecular flexibility index (Phi) is 6.03. The third kappa shape index (κ3) is 4.64. The molecule has 0 spiro atoms. The zero-order chi connectivity index (χ0) is 12.0. The molecule has 1 atom stereocenters. The van der Waals surface area contributed by atoms with Gasteiger partial charge in [-0.2, -0.15) is 0 Å². The lowest BCUT2D eigenvalue weighted by molar-refractivity contribution is 0.209. The molecular weight excluding hydrogens is 200 g/mol. The molecule has 1 unspecified atom stereocenters. The molecule has 3 nitrogen and oxygen atoms in total. The van der Waals surface area contributed by atoms with Gasteiger partial charge in [0, 0.05) is 26.2 Å². The Balaban J connectivity index is 2.22. The fraction of sp³-hybridized carbons (Fsp3) is 0.846. The Morgan fingerprint density at radius 3 is 2.75 bits per heavy atom. The second kappa shape index (κ2) is 7.05. The molecular formula is C13H26N2O. The second-order valence-corrected chi connectivity index (χ2v) is 5.04. The van der Waals surface area contributed by atoms with Crippen LogP contribution in [-0.4, -0.2) is 44.3 Å². The molecule has 1 rings (SSSR count). The molecule has 0 aliphatic carbocycles. The molecule has 0 bridgehead atoms. The lowest BCUT2D eigenvalue weighted by atomic mass is 10.0. The molecule has 1 heterocycles. The normalized spacial score (nSPS) is 19.9. The monoisotopic (exact) mass is 226 g/mol. The van der Waals surface area contributed by atoms with Crippen LogP contribution in [-0.2, 0) is 4.74 Å². The summed E-state index contributed by atoms with van der Waals surface area (Å²) < 4.78 is 5.14. The average Bonchev–Trinajstić information content (AvgIpc) is 2.28. The molecule has 94 valence electrons. The van der Waals surface area contributed by atoms with Gasteiger partial charge in [0.25, 0.3) is 0 Å². The molecule has 1 aliphatic rings. The standard InChI is InChI=1S/C13H26N2O/c1-11(2)13(14)6-9-15-7-4-12(5-8-15)10-16-3/h4,11,13H,5-10,14H2,1-3H3. The third-order valence-electron chi connectivity index (χ3n) is 3.35. The van der Waals surface area contributed by atoms with E-state index in [9.17, 15) is 0 Å². The van der Waals surface area contributed by atoms with Gasteiger partial charge in [0.15, 0.2) is 0 Å². The topological polar surface area (TPSA) is 38.5 Å². The van der Waals surface area contributed by atoms with E-state index in [-0.39, 0.29) is 0 Å². The quantitative estimate of drug-likeness (QED) is 0.700. The van der Waals surface area contributed by atoms with Crippen molar-refractivity contribution in [2.24, 2.45) is 11.7 Å². The summed E-state index contributed by atoms with van der Waals surface area (Å²) in [6.45, 7) is 8.51. The summed E-state index contributed by atoms with van der Waals surface area (Å²) in [5, 5.41) is 0. The largest absolute Gasteiger partial charge is 0.380 e. The first-order valence-corrected chi connectivity index (χ1v) is 6.28. The molecule has 0 aromatic carbocycles. The minimum Gasteiger partial charge on any atom is -0.380 e. The minimum atomic E-state index is 0.337. The van der Waals surface area contributed by atoms with Crippen LogP contribution < -0.4 is 5.73 Å². The van der Waals surface area contributed by atoms with Gasteiger partial charge in [0.1, 0.15) is 0 Å². The lowest BCUT2D eigenvalue weighted by Crippen LogP contribution is -2.35. The van der Waals surface area contributed by atoms with Gasteiger partial charge in [-0.25, -0.2) is 0 Å². The van der Waals surface area contributed by atoms with Crippen molar-refractivity contribution < 1.29 is 4.74 Å². The van der Waals surface area contributed by atoms with Crippen molar-refractivity contribution in [2.45, 2.75) is 32.7 Å². The highest BCUT2D eigenvalue weighted by molar-refractivity contribution is 5.07. The summed E-state index contributed by atoms with van der Waals surface area (Å²) in [6, 6.07) is 0.337. The van der Waals surface area contributed by atoms with Crippen LogP contribution in [0.2, 0.25) is 0 Å². The van der Waals surface area contributed by atoms with Gasteiger partial charge in [-0.3, -0.25) is 4.90 Å². The van der Waals surface area contributed by atoms with Crippen LogP contribution in [0, 0.1) is 5.92 Å². The fourth-order valence-electron chi connectivity index (χ4n) is 1.94. The van der Waals surface area contributed by atoms with E-state index in [1.165, 1.54) is 5.57 Å². The summed E-state index contributed by atoms with van der Waals surface area (Å²) in [4.78, 5) is 2.47. The summed E-state index contributed by atoms with van der Waals surface area (Å²) >= 11 is 0. The lowest BCUT2D eigenvalue weighted by Gasteiger charge is -2.27. The maximum absolute atomic E-state index is 6.05. The van der Waals surface area contributed by atoms with E-state index in [2.05, 4.69) is 24.8 Å². The number of rotatable bonds is 6. The van der Waals surface area contributed by atoms with Gasteiger partial charge in [0.05, 0.1) is 6.61 Å². The Labute approximate surface area is 99.6 Å². The summed E-state index contributed by atoms with van der Waals surface area (Å²) in [6.07, 6.45) is 4.55. The van der Waals surface area contributed by atoms with Gasteiger partial charge in [-0.15, -0.1) is 0 Å². The molecule has 1 aliphatic heterocycles. The van der Waals surface area contributed by atoms with Gasteiger partial charge < -0.3 is 10.5 Å². The van der Waals surface area contributed by atoms with Gasteiger partial charge >= 0.3 is 0 Å². The molecule has 0 aromatic rings. The van der Waals surface area contributed by atoms with Crippen LogP contribution in [0.3, 0.4) is 0 Å². The number of nitrogens with zero attached hydrogens (tertiary/aromatic N) is 1. The van der Waals surface area contributed by atoms with Crippen molar-refractivity contribution in [1.82, 2.24) is 4.90 Å². The highest BCUT2D eigenvalue weighted by Crippen LogP contribution is 2.12. The van der Waals surface area contributed by atoms with Gasteiger partial charge in [-0.05, 0) is 30.9 Å². The third-order valence-corrected chi connectivity index (χ3v) is 3.35. The smallest absolute Gasteiger partial charge is 0.0673 e. The van der Waals surface area contributed by atoms with E-state index in [0.717, 1.165) is 39.1 Å². The van der Waals surface area contributed by atoms with E-state index in [0.29, 0.717) is 12.0 Å². The van der Waals surface area contributed by atoms with E-state index in [1.54, 1.807) is 7.11 Å². The molecule has 0 amide bonds. The molecule has 0 saturated carbocycles. The van der Waals surface area contributed by atoms with Crippen molar-refractivity contribution in [2.75, 3.05) is 33.4 Å². The molecule has 16 heavy (non-hydrogen) atoms. The van der Waals surface area contributed by atoms with Crippen LogP contribution >= 0.6 is 0 Å². The second-order valence-electron chi connectivity index (χ2n) is 5.04. The minimum absolute atomic E-state index is 0.337. The Morgan fingerprint density at radius 2 is 2.25 bits per heavy atom. The Bertz CT molecular complexity index is 226. The van der Waals surface area contributed by atoms with E-state index >= 15 is 0 Å². The van der Waals surface area contributed by atoms with Crippen molar-refractivity contribution in [3.8, 4) is 0 Å². The number of nitrogens with two attached hydrogens (primary N) is 1. The van der Waals surface area contributed by atoms with Crippen molar-refractivity contribution in [3.63, 3.8) is 0 Å². The zero-order valence-electron chi connectivity index (χ0n) is 10.9. The molecule has 0 fully saturated rings. The van der Waals surface area contributed by atoms with Crippen molar-refractivity contribution >= 4 is 0 Å². The maximum Gasteiger partial charge on any atom is 0.0673 e. The van der Waals surface area contributed by atoms with Crippen LogP contribution in [0.25, 0.3) is 0 Å². The predicted molar refractivity (Wildman–Crippen MR) is 68.4 cm³/mol. The molecule has 2 N–H and O–H groups in total. The molecule has 0 radical (unpaired) electrons. The van der Waals surface area contributed by atoms with Crippen LogP contribution in [0.4, 0.5) is 0 Å². The summed E-state index contributed by atoms with van der Waals surface area (Å²) in [7, 11) is 1.76. The molecule has 0 aromatic heterocycles. The first kappa shape index (κ1) is 13.7. The maximum atomic E-state index is 6.05. The Morgan fingerprint density at radius 1 is 1.50 bits per heavy atom. The summed E-state index contributed by atoms with van der Waals surface area (Å²) in [5.74, 6) is 0.587. The number of hydrogen-bond acceptors (Lipinski definition) is 3. The molecule has 0 saturated heterocycles. The fourth-order valence-corrected chi connectivity index (χ4v) is 1.94. The average molecular weight is 226 g/mol. The molecule has 3 heteroatoms. The van der Waals surface area contributed by atoms with E-state index in [1.807, 2.05) is 0 Å². The predicted octanol–water partition coefficient (Wildman–Crippen LogP) is 1.64. The highest BCUT2D eigenvalue weighted by Gasteiger charge is 2.13. The zero-order valence-corrected chi connectivity index (χ0v) is 10.9. The number of hydrogen-bond donors (Lipinski definition) is 1. The van der Waals surface area contributed by atoms with Crippen molar-refractivity contribution in [3.05, 3.63) is 11.6 Å². The van der Waals surface area contributed by atoms with Crippen molar-refractivity contribution in [1.29, 1.82) is 0 Å². The van der Waals surface area contributed by atoms with E-state index < -0.39 is 0 Å². The first-order valence-electron chi connectivity index (χ1n) is 6.28. The van der Waals surface area contributed by atoms with E-state index in [4.69, 9.17) is 10.5 Å². The van der Waals surface area contributed by atoms with Gasteiger partial charge in [-0.1, -0.05) is 19.9 Å².